The minimum Gasteiger partial charge on any atom is -0.454 e. The number of hydrogen-bond acceptors (Lipinski definition) is 6. The van der Waals surface area contributed by atoms with Gasteiger partial charge in [0.05, 0.1) is 12.0 Å². The summed E-state index contributed by atoms with van der Waals surface area (Å²) in [7, 11) is 1.65. The molecule has 1 aromatic rings. The Kier molecular flexibility index (Phi) is 6.87. The number of carbonyl (C=O) groups is 2. The Hall–Kier alpha value is -2.03. The third-order valence-corrected chi connectivity index (χ3v) is 5.91. The summed E-state index contributed by atoms with van der Waals surface area (Å²) in [5.74, 6) is 1.38. The minimum absolute atomic E-state index is 0. The van der Waals surface area contributed by atoms with E-state index in [2.05, 4.69) is 5.32 Å². The Morgan fingerprint density at radius 2 is 1.72 bits per heavy atom. The molecule has 3 heterocycles. The fourth-order valence-corrected chi connectivity index (χ4v) is 4.26. The monoisotopic (exact) mass is 425 g/mol. The summed E-state index contributed by atoms with van der Waals surface area (Å²) in [4.78, 5) is 29.8. The maximum Gasteiger partial charge on any atom is 0.254 e. The lowest BCUT2D eigenvalue weighted by Crippen LogP contribution is -2.57. The second-order valence-electron chi connectivity index (χ2n) is 7.62. The van der Waals surface area contributed by atoms with E-state index in [4.69, 9.17) is 14.2 Å². The first-order valence-electron chi connectivity index (χ1n) is 9.81. The second-order valence-corrected chi connectivity index (χ2v) is 7.62. The van der Waals surface area contributed by atoms with E-state index in [-0.39, 0.29) is 31.0 Å². The third kappa shape index (κ3) is 4.29. The van der Waals surface area contributed by atoms with Gasteiger partial charge in [0, 0.05) is 38.9 Å². The SMILES string of the molecule is COCC1(C(=O)N2CCN(C(=O)c3ccc4c(c3)OCO4)CC2)CCNCC1.Cl. The Morgan fingerprint density at radius 1 is 1.07 bits per heavy atom. The van der Waals surface area contributed by atoms with E-state index in [0.29, 0.717) is 49.8 Å². The molecule has 1 aromatic carbocycles. The molecule has 2 fully saturated rings. The Morgan fingerprint density at radius 3 is 2.41 bits per heavy atom. The van der Waals surface area contributed by atoms with Crippen LogP contribution in [-0.4, -0.2) is 81.4 Å². The number of amides is 2. The lowest BCUT2D eigenvalue weighted by atomic mass is 9.78. The quantitative estimate of drug-likeness (QED) is 0.779. The molecule has 2 amide bonds. The van der Waals surface area contributed by atoms with Crippen LogP contribution in [0.15, 0.2) is 18.2 Å². The molecule has 0 aliphatic carbocycles. The molecule has 0 atom stereocenters. The second kappa shape index (κ2) is 9.19. The highest BCUT2D eigenvalue weighted by atomic mass is 35.5. The van der Waals surface area contributed by atoms with Gasteiger partial charge in [-0.25, -0.2) is 0 Å². The van der Waals surface area contributed by atoms with Crippen LogP contribution in [0.25, 0.3) is 0 Å². The van der Waals surface area contributed by atoms with Crippen molar-refractivity contribution >= 4 is 24.2 Å². The smallest absolute Gasteiger partial charge is 0.254 e. The van der Waals surface area contributed by atoms with Crippen molar-refractivity contribution < 1.29 is 23.8 Å². The number of nitrogens with one attached hydrogen (secondary N) is 1. The number of piperidine rings is 1. The summed E-state index contributed by atoms with van der Waals surface area (Å²) in [6, 6.07) is 5.25. The van der Waals surface area contributed by atoms with Crippen LogP contribution in [0.2, 0.25) is 0 Å². The maximum absolute atomic E-state index is 13.2. The van der Waals surface area contributed by atoms with Crippen molar-refractivity contribution in [2.75, 3.05) is 59.8 Å². The van der Waals surface area contributed by atoms with E-state index < -0.39 is 5.41 Å². The molecule has 0 saturated carbocycles. The molecule has 29 heavy (non-hydrogen) atoms. The van der Waals surface area contributed by atoms with Crippen LogP contribution in [0.3, 0.4) is 0 Å². The van der Waals surface area contributed by atoms with Gasteiger partial charge in [-0.1, -0.05) is 0 Å². The number of nitrogens with zero attached hydrogens (tertiary/aromatic N) is 2. The van der Waals surface area contributed by atoms with Crippen LogP contribution in [0.4, 0.5) is 0 Å². The van der Waals surface area contributed by atoms with Crippen molar-refractivity contribution in [2.24, 2.45) is 5.41 Å². The van der Waals surface area contributed by atoms with Crippen LogP contribution in [0.1, 0.15) is 23.2 Å². The number of piperazine rings is 1. The predicted molar refractivity (Wildman–Crippen MR) is 109 cm³/mol. The molecule has 8 nitrogen and oxygen atoms in total. The zero-order valence-corrected chi connectivity index (χ0v) is 17.5. The Labute approximate surface area is 176 Å². The molecule has 2 saturated heterocycles. The van der Waals surface area contributed by atoms with Crippen LogP contribution in [0, 0.1) is 5.41 Å². The van der Waals surface area contributed by atoms with Gasteiger partial charge in [0.15, 0.2) is 11.5 Å². The van der Waals surface area contributed by atoms with Crippen LogP contribution in [0.5, 0.6) is 11.5 Å². The van der Waals surface area contributed by atoms with Gasteiger partial charge in [-0.05, 0) is 44.1 Å². The van der Waals surface area contributed by atoms with Crippen molar-refractivity contribution in [3.05, 3.63) is 23.8 Å². The Bertz CT molecular complexity index is 740. The van der Waals surface area contributed by atoms with Gasteiger partial charge >= 0.3 is 0 Å². The largest absolute Gasteiger partial charge is 0.454 e. The molecule has 0 aromatic heterocycles. The summed E-state index contributed by atoms with van der Waals surface area (Å²) in [6.45, 7) is 4.45. The number of rotatable bonds is 4. The molecule has 4 rings (SSSR count). The average Bonchev–Trinajstić information content (AvgIpc) is 3.21. The highest BCUT2D eigenvalue weighted by Crippen LogP contribution is 2.34. The fourth-order valence-electron chi connectivity index (χ4n) is 4.26. The molecule has 9 heteroatoms. The van der Waals surface area contributed by atoms with E-state index in [1.807, 2.05) is 4.90 Å². The first-order chi connectivity index (χ1) is 13.6. The highest BCUT2D eigenvalue weighted by molar-refractivity contribution is 5.95. The van der Waals surface area contributed by atoms with Gasteiger partial charge in [0.25, 0.3) is 5.91 Å². The first kappa shape index (κ1) is 21.7. The van der Waals surface area contributed by atoms with E-state index in [0.717, 1.165) is 25.9 Å². The summed E-state index contributed by atoms with van der Waals surface area (Å²) >= 11 is 0. The molecule has 1 N–H and O–H groups in total. The first-order valence-corrected chi connectivity index (χ1v) is 9.81. The van der Waals surface area contributed by atoms with Crippen LogP contribution in [-0.2, 0) is 9.53 Å². The molecular formula is C20H28ClN3O5. The highest BCUT2D eigenvalue weighted by Gasteiger charge is 2.43. The van der Waals surface area contributed by atoms with Crippen molar-refractivity contribution in [1.82, 2.24) is 15.1 Å². The number of benzene rings is 1. The zero-order chi connectivity index (χ0) is 19.6. The Balaban J connectivity index is 0.00000240. The van der Waals surface area contributed by atoms with E-state index >= 15 is 0 Å². The summed E-state index contributed by atoms with van der Waals surface area (Å²) in [6.07, 6.45) is 1.58. The number of ether oxygens (including phenoxy) is 3. The third-order valence-electron chi connectivity index (χ3n) is 5.91. The van der Waals surface area contributed by atoms with E-state index in [9.17, 15) is 9.59 Å². The lowest BCUT2D eigenvalue weighted by molar-refractivity contribution is -0.149. The number of halogens is 1. The number of fused-ring (bicyclic) bond motifs is 1. The van der Waals surface area contributed by atoms with Gasteiger partial charge in [-0.2, -0.15) is 0 Å². The molecule has 0 bridgehead atoms. The number of hydrogen-bond donors (Lipinski definition) is 1. The number of carbonyl (C=O) groups excluding carboxylic acids is 2. The molecule has 0 spiro atoms. The number of methoxy groups -OCH3 is 1. The van der Waals surface area contributed by atoms with Crippen molar-refractivity contribution in [2.45, 2.75) is 12.8 Å². The molecule has 3 aliphatic rings. The van der Waals surface area contributed by atoms with Crippen molar-refractivity contribution in [1.29, 1.82) is 0 Å². The van der Waals surface area contributed by atoms with E-state index in [1.54, 1.807) is 30.2 Å². The van der Waals surface area contributed by atoms with Gasteiger partial charge in [0.1, 0.15) is 0 Å². The summed E-state index contributed by atoms with van der Waals surface area (Å²) in [5.41, 5.74) is 0.141. The average molecular weight is 426 g/mol. The minimum atomic E-state index is -0.441. The topological polar surface area (TPSA) is 80.3 Å². The molecule has 0 radical (unpaired) electrons. The summed E-state index contributed by atoms with van der Waals surface area (Å²) in [5, 5.41) is 3.32. The van der Waals surface area contributed by atoms with Gasteiger partial charge in [-0.15, -0.1) is 12.4 Å². The maximum atomic E-state index is 13.2. The van der Waals surface area contributed by atoms with Gasteiger partial charge < -0.3 is 29.3 Å². The zero-order valence-electron chi connectivity index (χ0n) is 16.6. The fraction of sp³-hybridized carbons (Fsp3) is 0.600. The van der Waals surface area contributed by atoms with Crippen LogP contribution < -0.4 is 14.8 Å². The molecular weight excluding hydrogens is 398 g/mol. The normalized spacial score (nSPS) is 20.2. The van der Waals surface area contributed by atoms with Crippen LogP contribution >= 0.6 is 12.4 Å². The molecule has 160 valence electrons. The molecule has 0 unspecified atom stereocenters. The van der Waals surface area contributed by atoms with Crippen molar-refractivity contribution in [3.8, 4) is 11.5 Å². The molecule has 3 aliphatic heterocycles. The predicted octanol–water partition coefficient (Wildman–Crippen LogP) is 1.14. The van der Waals surface area contributed by atoms with Gasteiger partial charge in [-0.3, -0.25) is 9.59 Å². The van der Waals surface area contributed by atoms with Gasteiger partial charge in [0.2, 0.25) is 12.7 Å². The standard InChI is InChI=1S/C20H27N3O5.ClH/c1-26-13-20(4-6-21-7-5-20)19(25)23-10-8-22(9-11-23)18(24)15-2-3-16-17(12-15)28-14-27-16;/h2-3,12,21H,4-11,13-14H2,1H3;1H. The summed E-state index contributed by atoms with van der Waals surface area (Å²) < 4.78 is 16.1. The lowest BCUT2D eigenvalue weighted by Gasteiger charge is -2.42. The van der Waals surface area contributed by atoms with Crippen molar-refractivity contribution in [3.63, 3.8) is 0 Å². The van der Waals surface area contributed by atoms with E-state index in [1.165, 1.54) is 0 Å².